The molecule has 0 atom stereocenters. The highest BCUT2D eigenvalue weighted by Gasteiger charge is 2.20. The van der Waals surface area contributed by atoms with Crippen LogP contribution in [0.5, 0.6) is 0 Å². The molecule has 0 aliphatic carbocycles. The van der Waals surface area contributed by atoms with Gasteiger partial charge in [0.05, 0.1) is 5.02 Å². The molecule has 0 N–H and O–H groups in total. The van der Waals surface area contributed by atoms with Crippen LogP contribution >= 0.6 is 23.2 Å². The van der Waals surface area contributed by atoms with E-state index >= 15 is 0 Å². The zero-order valence-corrected chi connectivity index (χ0v) is 12.8. The summed E-state index contributed by atoms with van der Waals surface area (Å²) in [5.74, 6) is -0.357. The van der Waals surface area contributed by atoms with Gasteiger partial charge < -0.3 is 4.90 Å². The zero-order valence-electron chi connectivity index (χ0n) is 11.3. The molecule has 0 unspecified atom stereocenters. The highest BCUT2D eigenvalue weighted by atomic mass is 35.5. The zero-order chi connectivity index (χ0) is 14.8. The van der Waals surface area contributed by atoms with E-state index in [0.29, 0.717) is 0 Å². The van der Waals surface area contributed by atoms with E-state index in [-0.39, 0.29) is 10.8 Å². The van der Waals surface area contributed by atoms with Gasteiger partial charge in [-0.15, -0.1) is 0 Å². The number of anilines is 1. The SMILES string of the molecule is Fc1cc2c(cc1Cl)CCN2C/C=C/c1ccc(Cl)cc1. The Morgan fingerprint density at radius 3 is 2.67 bits per heavy atom. The third-order valence-electron chi connectivity index (χ3n) is 3.62. The van der Waals surface area contributed by atoms with Gasteiger partial charge in [0.2, 0.25) is 0 Å². The number of fused-ring (bicyclic) bond motifs is 1. The lowest BCUT2D eigenvalue weighted by Gasteiger charge is -2.17. The van der Waals surface area contributed by atoms with Crippen molar-refractivity contribution < 1.29 is 4.39 Å². The number of benzene rings is 2. The van der Waals surface area contributed by atoms with Crippen LogP contribution in [-0.4, -0.2) is 13.1 Å². The van der Waals surface area contributed by atoms with E-state index in [9.17, 15) is 4.39 Å². The van der Waals surface area contributed by atoms with E-state index in [0.717, 1.165) is 41.3 Å². The second-order valence-electron chi connectivity index (χ2n) is 5.04. The topological polar surface area (TPSA) is 3.24 Å². The normalized spacial score (nSPS) is 14.0. The summed E-state index contributed by atoms with van der Waals surface area (Å²) in [6, 6.07) is 10.9. The smallest absolute Gasteiger partial charge is 0.143 e. The Kier molecular flexibility index (Phi) is 4.18. The van der Waals surface area contributed by atoms with Crippen molar-refractivity contribution >= 4 is 35.0 Å². The number of halogens is 3. The second kappa shape index (κ2) is 6.08. The molecule has 1 aliphatic heterocycles. The second-order valence-corrected chi connectivity index (χ2v) is 5.89. The fourth-order valence-electron chi connectivity index (χ4n) is 2.53. The largest absolute Gasteiger partial charge is 0.367 e. The Morgan fingerprint density at radius 1 is 1.14 bits per heavy atom. The first-order valence-electron chi connectivity index (χ1n) is 6.78. The molecule has 0 amide bonds. The summed E-state index contributed by atoms with van der Waals surface area (Å²) >= 11 is 11.7. The molecule has 1 aliphatic rings. The quantitative estimate of drug-likeness (QED) is 0.750. The minimum absolute atomic E-state index is 0.201. The molecule has 0 radical (unpaired) electrons. The predicted molar refractivity (Wildman–Crippen MR) is 87.8 cm³/mol. The maximum absolute atomic E-state index is 13.6. The van der Waals surface area contributed by atoms with Crippen LogP contribution in [0.4, 0.5) is 10.1 Å². The summed E-state index contributed by atoms with van der Waals surface area (Å²) < 4.78 is 13.6. The monoisotopic (exact) mass is 321 g/mol. The molecular weight excluding hydrogens is 308 g/mol. The Balaban J connectivity index is 1.71. The van der Waals surface area contributed by atoms with E-state index in [1.807, 2.05) is 30.3 Å². The molecule has 0 aromatic heterocycles. The Labute approximate surface area is 133 Å². The minimum Gasteiger partial charge on any atom is -0.367 e. The molecule has 108 valence electrons. The van der Waals surface area contributed by atoms with Gasteiger partial charge >= 0.3 is 0 Å². The van der Waals surface area contributed by atoms with Crippen LogP contribution in [0.15, 0.2) is 42.5 Å². The first-order chi connectivity index (χ1) is 10.1. The maximum atomic E-state index is 13.6. The molecule has 0 saturated carbocycles. The van der Waals surface area contributed by atoms with E-state index in [1.165, 1.54) is 6.07 Å². The fourth-order valence-corrected chi connectivity index (χ4v) is 2.84. The Bertz CT molecular complexity index is 680. The summed E-state index contributed by atoms with van der Waals surface area (Å²) in [5.41, 5.74) is 3.15. The molecule has 0 bridgehead atoms. The predicted octanol–water partition coefficient (Wildman–Crippen LogP) is 5.21. The molecule has 4 heteroatoms. The van der Waals surface area contributed by atoms with Crippen molar-refractivity contribution in [2.24, 2.45) is 0 Å². The number of hydrogen-bond acceptors (Lipinski definition) is 1. The van der Waals surface area contributed by atoms with Gasteiger partial charge in [-0.05, 0) is 41.8 Å². The van der Waals surface area contributed by atoms with Crippen molar-refractivity contribution in [2.75, 3.05) is 18.0 Å². The number of rotatable bonds is 3. The van der Waals surface area contributed by atoms with Crippen LogP contribution in [0, 0.1) is 5.82 Å². The molecule has 1 nitrogen and oxygen atoms in total. The highest BCUT2D eigenvalue weighted by Crippen LogP contribution is 2.32. The average Bonchev–Trinajstić information content (AvgIpc) is 2.84. The van der Waals surface area contributed by atoms with Crippen molar-refractivity contribution in [1.29, 1.82) is 0 Å². The third kappa shape index (κ3) is 3.22. The van der Waals surface area contributed by atoms with E-state index in [1.54, 1.807) is 6.07 Å². The molecule has 1 heterocycles. The summed E-state index contributed by atoms with van der Waals surface area (Å²) in [4.78, 5) is 2.15. The third-order valence-corrected chi connectivity index (χ3v) is 4.16. The van der Waals surface area contributed by atoms with Crippen molar-refractivity contribution in [2.45, 2.75) is 6.42 Å². The lowest BCUT2D eigenvalue weighted by atomic mass is 10.1. The Morgan fingerprint density at radius 2 is 1.90 bits per heavy atom. The minimum atomic E-state index is -0.357. The van der Waals surface area contributed by atoms with Gasteiger partial charge in [0.1, 0.15) is 5.82 Å². The lowest BCUT2D eigenvalue weighted by Crippen LogP contribution is -2.20. The fraction of sp³-hybridized carbons (Fsp3) is 0.176. The first-order valence-corrected chi connectivity index (χ1v) is 7.54. The molecular formula is C17H14Cl2FN. The van der Waals surface area contributed by atoms with Gasteiger partial charge in [0.25, 0.3) is 0 Å². The molecule has 3 rings (SSSR count). The summed E-state index contributed by atoms with van der Waals surface area (Å²) in [6.45, 7) is 1.64. The van der Waals surface area contributed by atoms with Crippen LogP contribution in [0.25, 0.3) is 6.08 Å². The van der Waals surface area contributed by atoms with Crippen molar-refractivity contribution in [3.05, 3.63) is 69.5 Å². The van der Waals surface area contributed by atoms with Crippen LogP contribution in [0.1, 0.15) is 11.1 Å². The highest BCUT2D eigenvalue weighted by molar-refractivity contribution is 6.31. The number of hydrogen-bond donors (Lipinski definition) is 0. The average molecular weight is 322 g/mol. The van der Waals surface area contributed by atoms with E-state index in [4.69, 9.17) is 23.2 Å². The van der Waals surface area contributed by atoms with Crippen molar-refractivity contribution in [3.63, 3.8) is 0 Å². The van der Waals surface area contributed by atoms with Gasteiger partial charge in [0, 0.05) is 23.8 Å². The van der Waals surface area contributed by atoms with Gasteiger partial charge in [0.15, 0.2) is 0 Å². The molecule has 21 heavy (non-hydrogen) atoms. The van der Waals surface area contributed by atoms with Crippen LogP contribution in [-0.2, 0) is 6.42 Å². The molecule has 2 aromatic carbocycles. The maximum Gasteiger partial charge on any atom is 0.143 e. The van der Waals surface area contributed by atoms with Crippen LogP contribution in [0.3, 0.4) is 0 Å². The van der Waals surface area contributed by atoms with Gasteiger partial charge in [-0.25, -0.2) is 4.39 Å². The first kappa shape index (κ1) is 14.4. The molecule has 0 fully saturated rings. The van der Waals surface area contributed by atoms with Gasteiger partial charge in [-0.1, -0.05) is 47.5 Å². The molecule has 0 spiro atoms. The van der Waals surface area contributed by atoms with Crippen LogP contribution < -0.4 is 4.90 Å². The van der Waals surface area contributed by atoms with E-state index in [2.05, 4.69) is 11.0 Å². The summed E-state index contributed by atoms with van der Waals surface area (Å²) in [5, 5.41) is 0.931. The van der Waals surface area contributed by atoms with Gasteiger partial charge in [-0.3, -0.25) is 0 Å². The summed E-state index contributed by atoms with van der Waals surface area (Å²) in [6.07, 6.45) is 5.02. The van der Waals surface area contributed by atoms with E-state index < -0.39 is 0 Å². The standard InChI is InChI=1S/C17H14Cl2FN/c18-14-5-3-12(4-6-14)2-1-8-21-9-7-13-10-15(19)16(20)11-17(13)21/h1-6,10-11H,7-9H2/b2-1+. The van der Waals surface area contributed by atoms with Crippen molar-refractivity contribution in [1.82, 2.24) is 0 Å². The molecule has 2 aromatic rings. The Hall–Kier alpha value is -1.51. The van der Waals surface area contributed by atoms with Crippen molar-refractivity contribution in [3.8, 4) is 0 Å². The number of nitrogens with zero attached hydrogens (tertiary/aromatic N) is 1. The van der Waals surface area contributed by atoms with Gasteiger partial charge in [-0.2, -0.15) is 0 Å². The molecule has 0 saturated heterocycles. The lowest BCUT2D eigenvalue weighted by molar-refractivity contribution is 0.628. The summed E-state index contributed by atoms with van der Waals surface area (Å²) in [7, 11) is 0. The van der Waals surface area contributed by atoms with Crippen LogP contribution in [0.2, 0.25) is 10.0 Å².